The molecule has 3 nitrogen and oxygen atoms in total. The maximum absolute atomic E-state index is 4.33. The zero-order chi connectivity index (χ0) is 9.97. The highest BCUT2D eigenvalue weighted by Gasteiger charge is 2.19. The van der Waals surface area contributed by atoms with E-state index in [0.717, 1.165) is 13.0 Å². The number of aryl methyl sites for hydroxylation is 1. The van der Waals surface area contributed by atoms with E-state index >= 15 is 0 Å². The molecule has 78 valence electrons. The molecule has 2 atom stereocenters. The molecule has 0 amide bonds. The van der Waals surface area contributed by atoms with Gasteiger partial charge in [0.2, 0.25) is 0 Å². The average molecular weight is 193 g/mol. The average Bonchev–Trinajstić information content (AvgIpc) is 2.64. The molecular formula is C11H19N3. The summed E-state index contributed by atoms with van der Waals surface area (Å²) < 4.78 is 2.27. The maximum atomic E-state index is 4.33. The Balaban J connectivity index is 1.94. The molecule has 1 aromatic rings. The van der Waals surface area contributed by atoms with Crippen molar-refractivity contribution in [3.05, 3.63) is 18.2 Å². The summed E-state index contributed by atoms with van der Waals surface area (Å²) in [4.78, 5) is 4.33. The molecule has 3 heteroatoms. The van der Waals surface area contributed by atoms with Gasteiger partial charge < -0.3 is 9.88 Å². The van der Waals surface area contributed by atoms with Crippen molar-refractivity contribution in [3.8, 4) is 0 Å². The topological polar surface area (TPSA) is 29.9 Å². The fraction of sp³-hybridized carbons (Fsp3) is 0.727. The van der Waals surface area contributed by atoms with Crippen LogP contribution in [0.15, 0.2) is 12.4 Å². The van der Waals surface area contributed by atoms with Crippen molar-refractivity contribution in [2.45, 2.75) is 51.7 Å². The summed E-state index contributed by atoms with van der Waals surface area (Å²) in [5.74, 6) is 1.24. The smallest absolute Gasteiger partial charge is 0.108 e. The van der Waals surface area contributed by atoms with E-state index in [-0.39, 0.29) is 0 Å². The first-order chi connectivity index (χ1) is 6.79. The number of imidazole rings is 1. The Morgan fingerprint density at radius 1 is 1.71 bits per heavy atom. The van der Waals surface area contributed by atoms with Gasteiger partial charge in [-0.25, -0.2) is 4.98 Å². The van der Waals surface area contributed by atoms with Gasteiger partial charge in [-0.15, -0.1) is 0 Å². The number of fused-ring (bicyclic) bond motifs is 1. The van der Waals surface area contributed by atoms with Gasteiger partial charge >= 0.3 is 0 Å². The standard InChI is InChI=1S/C11H19N3/c1-3-9(2)13-10-4-5-11-12-6-7-14(11)8-10/h6-7,9-10,13H,3-5,8H2,1-2H3. The Bertz CT molecular complexity index is 292. The highest BCUT2D eigenvalue weighted by atomic mass is 15.1. The van der Waals surface area contributed by atoms with E-state index in [1.807, 2.05) is 6.20 Å². The summed E-state index contributed by atoms with van der Waals surface area (Å²) >= 11 is 0. The Morgan fingerprint density at radius 3 is 3.36 bits per heavy atom. The van der Waals surface area contributed by atoms with Crippen LogP contribution in [0.3, 0.4) is 0 Å². The van der Waals surface area contributed by atoms with Gasteiger partial charge in [0.15, 0.2) is 0 Å². The third kappa shape index (κ3) is 1.98. The van der Waals surface area contributed by atoms with Crippen LogP contribution in [0.2, 0.25) is 0 Å². The monoisotopic (exact) mass is 193 g/mol. The van der Waals surface area contributed by atoms with Crippen LogP contribution in [0, 0.1) is 0 Å². The molecule has 0 saturated carbocycles. The first-order valence-electron chi connectivity index (χ1n) is 5.55. The summed E-state index contributed by atoms with van der Waals surface area (Å²) in [6.45, 7) is 5.56. The second-order valence-corrected chi connectivity index (χ2v) is 4.21. The third-order valence-electron chi connectivity index (χ3n) is 3.07. The molecule has 2 rings (SSSR count). The van der Waals surface area contributed by atoms with Gasteiger partial charge in [-0.1, -0.05) is 6.92 Å². The van der Waals surface area contributed by atoms with Gasteiger partial charge in [0.1, 0.15) is 5.82 Å². The minimum absolute atomic E-state index is 0.630. The number of hydrogen-bond acceptors (Lipinski definition) is 2. The van der Waals surface area contributed by atoms with E-state index < -0.39 is 0 Å². The summed E-state index contributed by atoms with van der Waals surface area (Å²) in [5.41, 5.74) is 0. The fourth-order valence-corrected chi connectivity index (χ4v) is 2.02. The Labute approximate surface area is 85.5 Å². The van der Waals surface area contributed by atoms with Crippen LogP contribution in [-0.2, 0) is 13.0 Å². The number of hydrogen-bond donors (Lipinski definition) is 1. The highest BCUT2D eigenvalue weighted by molar-refractivity contribution is 4.98. The zero-order valence-electron chi connectivity index (χ0n) is 9.03. The molecule has 1 aromatic heterocycles. The first kappa shape index (κ1) is 9.71. The quantitative estimate of drug-likeness (QED) is 0.790. The Hall–Kier alpha value is -0.830. The molecule has 14 heavy (non-hydrogen) atoms. The van der Waals surface area contributed by atoms with Crippen LogP contribution in [0.5, 0.6) is 0 Å². The Kier molecular flexibility index (Phi) is 2.87. The van der Waals surface area contributed by atoms with Crippen LogP contribution >= 0.6 is 0 Å². The van der Waals surface area contributed by atoms with E-state index in [9.17, 15) is 0 Å². The number of nitrogens with zero attached hydrogens (tertiary/aromatic N) is 2. The fourth-order valence-electron chi connectivity index (χ4n) is 2.02. The lowest BCUT2D eigenvalue weighted by atomic mass is 10.1. The molecule has 0 aliphatic carbocycles. The summed E-state index contributed by atoms with van der Waals surface area (Å²) in [6.07, 6.45) is 7.52. The van der Waals surface area contributed by atoms with E-state index in [0.29, 0.717) is 12.1 Å². The third-order valence-corrected chi connectivity index (χ3v) is 3.07. The van der Waals surface area contributed by atoms with Crippen LogP contribution in [0.4, 0.5) is 0 Å². The lowest BCUT2D eigenvalue weighted by Crippen LogP contribution is -2.41. The van der Waals surface area contributed by atoms with Crippen molar-refractivity contribution in [1.29, 1.82) is 0 Å². The second kappa shape index (κ2) is 4.13. The SMILES string of the molecule is CCC(C)NC1CCc2nccn2C1. The summed E-state index contributed by atoms with van der Waals surface area (Å²) in [5, 5.41) is 3.65. The molecule has 1 aliphatic heterocycles. The lowest BCUT2D eigenvalue weighted by molar-refractivity contribution is 0.345. The minimum atomic E-state index is 0.630. The normalized spacial score (nSPS) is 23.1. The van der Waals surface area contributed by atoms with Gasteiger partial charge in [0.25, 0.3) is 0 Å². The van der Waals surface area contributed by atoms with Gasteiger partial charge in [-0.2, -0.15) is 0 Å². The molecule has 2 unspecified atom stereocenters. The lowest BCUT2D eigenvalue weighted by Gasteiger charge is -2.27. The predicted molar refractivity (Wildman–Crippen MR) is 57.2 cm³/mol. The van der Waals surface area contributed by atoms with E-state index in [4.69, 9.17) is 0 Å². The zero-order valence-corrected chi connectivity index (χ0v) is 9.03. The molecule has 0 bridgehead atoms. The van der Waals surface area contributed by atoms with Crippen molar-refractivity contribution in [3.63, 3.8) is 0 Å². The maximum Gasteiger partial charge on any atom is 0.108 e. The van der Waals surface area contributed by atoms with Gasteiger partial charge in [-0.3, -0.25) is 0 Å². The van der Waals surface area contributed by atoms with Crippen molar-refractivity contribution in [1.82, 2.24) is 14.9 Å². The molecule has 0 radical (unpaired) electrons. The van der Waals surface area contributed by atoms with Gasteiger partial charge in [0, 0.05) is 37.4 Å². The van der Waals surface area contributed by atoms with E-state index in [1.165, 1.54) is 18.7 Å². The molecule has 0 aromatic carbocycles. The molecule has 1 aliphatic rings. The molecule has 0 saturated heterocycles. The molecular weight excluding hydrogens is 174 g/mol. The van der Waals surface area contributed by atoms with Crippen LogP contribution in [0.1, 0.15) is 32.5 Å². The van der Waals surface area contributed by atoms with E-state index in [1.54, 1.807) is 0 Å². The number of aromatic nitrogens is 2. The summed E-state index contributed by atoms with van der Waals surface area (Å²) in [6, 6.07) is 1.26. The van der Waals surface area contributed by atoms with Crippen molar-refractivity contribution >= 4 is 0 Å². The molecule has 2 heterocycles. The number of rotatable bonds is 3. The largest absolute Gasteiger partial charge is 0.333 e. The second-order valence-electron chi connectivity index (χ2n) is 4.21. The highest BCUT2D eigenvalue weighted by Crippen LogP contribution is 2.13. The first-order valence-corrected chi connectivity index (χ1v) is 5.55. The van der Waals surface area contributed by atoms with Crippen molar-refractivity contribution in [2.24, 2.45) is 0 Å². The van der Waals surface area contributed by atoms with Crippen LogP contribution in [-0.4, -0.2) is 21.6 Å². The molecule has 0 spiro atoms. The van der Waals surface area contributed by atoms with Crippen molar-refractivity contribution in [2.75, 3.05) is 0 Å². The predicted octanol–water partition coefficient (Wildman–Crippen LogP) is 1.59. The van der Waals surface area contributed by atoms with E-state index in [2.05, 4.69) is 34.9 Å². The Morgan fingerprint density at radius 2 is 2.57 bits per heavy atom. The molecule has 0 fully saturated rings. The summed E-state index contributed by atoms with van der Waals surface area (Å²) in [7, 11) is 0. The van der Waals surface area contributed by atoms with Crippen LogP contribution < -0.4 is 5.32 Å². The minimum Gasteiger partial charge on any atom is -0.333 e. The van der Waals surface area contributed by atoms with Gasteiger partial charge in [0.05, 0.1) is 0 Å². The number of nitrogens with one attached hydrogen (secondary N) is 1. The molecule has 1 N–H and O–H groups in total. The van der Waals surface area contributed by atoms with Gasteiger partial charge in [-0.05, 0) is 19.8 Å². The van der Waals surface area contributed by atoms with Crippen molar-refractivity contribution < 1.29 is 0 Å². The van der Waals surface area contributed by atoms with Crippen LogP contribution in [0.25, 0.3) is 0 Å².